The average Bonchev–Trinajstić information content (AvgIpc) is 2.29. The molecule has 0 bridgehead atoms. The van der Waals surface area contributed by atoms with Gasteiger partial charge >= 0.3 is 5.97 Å². The van der Waals surface area contributed by atoms with Gasteiger partial charge in [-0.3, -0.25) is 10.1 Å². The van der Waals surface area contributed by atoms with Gasteiger partial charge in [-0.1, -0.05) is 0 Å². The summed E-state index contributed by atoms with van der Waals surface area (Å²) in [6.07, 6.45) is 1.04. The summed E-state index contributed by atoms with van der Waals surface area (Å²) in [5.74, 6) is -0.706. The van der Waals surface area contributed by atoms with E-state index in [-0.39, 0.29) is 16.3 Å². The SMILES string of the molecule is COCCSc1ncc([N+](=O)[O-])cc1C(=O)O. The Balaban J connectivity index is 2.96. The fourth-order valence-electron chi connectivity index (χ4n) is 1.03. The van der Waals surface area contributed by atoms with E-state index < -0.39 is 10.9 Å². The first-order valence-corrected chi connectivity index (χ1v) is 5.54. The number of carbonyl (C=O) groups is 1. The fraction of sp³-hybridized carbons (Fsp3) is 0.333. The predicted octanol–water partition coefficient (Wildman–Crippen LogP) is 1.43. The van der Waals surface area contributed by atoms with E-state index in [2.05, 4.69) is 4.98 Å². The Kier molecular flexibility index (Phi) is 4.85. The third kappa shape index (κ3) is 3.68. The van der Waals surface area contributed by atoms with Crippen LogP contribution >= 0.6 is 11.8 Å². The second-order valence-corrected chi connectivity index (χ2v) is 4.03. The smallest absolute Gasteiger partial charge is 0.338 e. The molecule has 0 radical (unpaired) electrons. The van der Waals surface area contributed by atoms with E-state index >= 15 is 0 Å². The molecule has 0 aliphatic carbocycles. The number of carboxylic acids is 1. The maximum Gasteiger partial charge on any atom is 0.338 e. The Labute approximate surface area is 101 Å². The van der Waals surface area contributed by atoms with Gasteiger partial charge in [-0.15, -0.1) is 11.8 Å². The zero-order valence-electron chi connectivity index (χ0n) is 8.95. The van der Waals surface area contributed by atoms with Crippen molar-refractivity contribution in [1.82, 2.24) is 4.98 Å². The van der Waals surface area contributed by atoms with E-state index in [9.17, 15) is 14.9 Å². The summed E-state index contributed by atoms with van der Waals surface area (Å²) >= 11 is 1.18. The molecular weight excluding hydrogens is 248 g/mol. The van der Waals surface area contributed by atoms with Crippen LogP contribution in [0.4, 0.5) is 5.69 Å². The molecule has 1 N–H and O–H groups in total. The van der Waals surface area contributed by atoms with Crippen molar-refractivity contribution in [2.24, 2.45) is 0 Å². The van der Waals surface area contributed by atoms with Crippen molar-refractivity contribution in [3.63, 3.8) is 0 Å². The van der Waals surface area contributed by atoms with Gasteiger partial charge in [0.2, 0.25) is 0 Å². The number of carboxylic acid groups (broad SMARTS) is 1. The van der Waals surface area contributed by atoms with E-state index in [1.165, 1.54) is 18.9 Å². The number of aromatic nitrogens is 1. The molecule has 8 heteroatoms. The highest BCUT2D eigenvalue weighted by Crippen LogP contribution is 2.23. The van der Waals surface area contributed by atoms with E-state index in [1.807, 2.05) is 0 Å². The van der Waals surface area contributed by atoms with Crippen molar-refractivity contribution in [1.29, 1.82) is 0 Å². The number of pyridine rings is 1. The highest BCUT2D eigenvalue weighted by Gasteiger charge is 2.17. The third-order valence-corrected chi connectivity index (χ3v) is 2.77. The molecule has 17 heavy (non-hydrogen) atoms. The summed E-state index contributed by atoms with van der Waals surface area (Å²) in [6.45, 7) is 0.447. The Bertz CT molecular complexity index is 437. The van der Waals surface area contributed by atoms with Crippen molar-refractivity contribution < 1.29 is 19.6 Å². The number of rotatable bonds is 6. The van der Waals surface area contributed by atoms with Gasteiger partial charge in [-0.25, -0.2) is 9.78 Å². The van der Waals surface area contributed by atoms with Crippen LogP contribution in [0.5, 0.6) is 0 Å². The molecule has 0 amide bonds. The molecule has 0 saturated carbocycles. The lowest BCUT2D eigenvalue weighted by Gasteiger charge is -2.03. The quantitative estimate of drug-likeness (QED) is 0.356. The fourth-order valence-corrected chi connectivity index (χ4v) is 1.90. The minimum Gasteiger partial charge on any atom is -0.478 e. The van der Waals surface area contributed by atoms with Crippen LogP contribution in [0.1, 0.15) is 10.4 Å². The van der Waals surface area contributed by atoms with Crippen LogP contribution < -0.4 is 0 Å². The number of methoxy groups -OCH3 is 1. The van der Waals surface area contributed by atoms with Crippen molar-refractivity contribution in [3.05, 3.63) is 27.9 Å². The molecule has 0 aliphatic heterocycles. The maximum absolute atomic E-state index is 10.9. The maximum atomic E-state index is 10.9. The molecule has 1 heterocycles. The number of nitro groups is 1. The Morgan fingerprint density at radius 3 is 2.94 bits per heavy atom. The van der Waals surface area contributed by atoms with Crippen LogP contribution in [-0.2, 0) is 4.74 Å². The lowest BCUT2D eigenvalue weighted by atomic mass is 10.3. The second kappa shape index (κ2) is 6.16. The number of hydrogen-bond acceptors (Lipinski definition) is 6. The molecule has 0 spiro atoms. The van der Waals surface area contributed by atoms with Gasteiger partial charge in [-0.2, -0.15) is 0 Å². The largest absolute Gasteiger partial charge is 0.478 e. The molecule has 0 saturated heterocycles. The van der Waals surface area contributed by atoms with Gasteiger partial charge in [0.15, 0.2) is 0 Å². The molecular formula is C9H10N2O5S. The number of aromatic carboxylic acids is 1. The molecule has 0 fully saturated rings. The van der Waals surface area contributed by atoms with Crippen LogP contribution in [0.2, 0.25) is 0 Å². The van der Waals surface area contributed by atoms with Crippen LogP contribution in [0, 0.1) is 10.1 Å². The van der Waals surface area contributed by atoms with Crippen LogP contribution in [0.3, 0.4) is 0 Å². The zero-order chi connectivity index (χ0) is 12.8. The van der Waals surface area contributed by atoms with Crippen molar-refractivity contribution in [2.75, 3.05) is 19.5 Å². The van der Waals surface area contributed by atoms with Crippen molar-refractivity contribution >= 4 is 23.4 Å². The minimum absolute atomic E-state index is 0.166. The highest BCUT2D eigenvalue weighted by atomic mass is 32.2. The average molecular weight is 258 g/mol. The van der Waals surface area contributed by atoms with Crippen LogP contribution in [0.15, 0.2) is 17.3 Å². The highest BCUT2D eigenvalue weighted by molar-refractivity contribution is 7.99. The Hall–Kier alpha value is -1.67. The molecule has 92 valence electrons. The van der Waals surface area contributed by atoms with Gasteiger partial charge in [0.05, 0.1) is 17.1 Å². The Morgan fingerprint density at radius 2 is 2.41 bits per heavy atom. The molecule has 1 rings (SSSR count). The van der Waals surface area contributed by atoms with Gasteiger partial charge in [0, 0.05) is 18.9 Å². The predicted molar refractivity (Wildman–Crippen MR) is 60.5 cm³/mol. The summed E-state index contributed by atoms with van der Waals surface area (Å²) in [7, 11) is 1.53. The van der Waals surface area contributed by atoms with E-state index in [0.717, 1.165) is 12.3 Å². The number of thioether (sulfide) groups is 1. The molecule has 1 aromatic heterocycles. The number of hydrogen-bond donors (Lipinski definition) is 1. The molecule has 7 nitrogen and oxygen atoms in total. The van der Waals surface area contributed by atoms with Crippen molar-refractivity contribution in [3.8, 4) is 0 Å². The summed E-state index contributed by atoms with van der Waals surface area (Å²) in [5.41, 5.74) is -0.501. The third-order valence-electron chi connectivity index (χ3n) is 1.80. The molecule has 0 aliphatic rings. The van der Waals surface area contributed by atoms with Gasteiger partial charge in [0.25, 0.3) is 5.69 Å². The molecule has 0 unspecified atom stereocenters. The summed E-state index contributed by atoms with van der Waals surface area (Å²) in [5, 5.41) is 19.7. The van der Waals surface area contributed by atoms with Crippen molar-refractivity contribution in [2.45, 2.75) is 5.03 Å². The standard InChI is InChI=1S/C9H10N2O5S/c1-16-2-3-17-8-7(9(12)13)4-6(5-10-8)11(14)15/h4-5H,2-3H2,1H3,(H,12,13). The van der Waals surface area contributed by atoms with E-state index in [1.54, 1.807) is 0 Å². The molecule has 0 aromatic carbocycles. The number of nitrogens with zero attached hydrogens (tertiary/aromatic N) is 2. The van der Waals surface area contributed by atoms with Crippen LogP contribution in [0.25, 0.3) is 0 Å². The lowest BCUT2D eigenvalue weighted by Crippen LogP contribution is -2.04. The zero-order valence-corrected chi connectivity index (χ0v) is 9.77. The second-order valence-electron chi connectivity index (χ2n) is 2.95. The summed E-state index contributed by atoms with van der Waals surface area (Å²) in [6, 6.07) is 1.00. The first-order valence-electron chi connectivity index (χ1n) is 4.55. The normalized spacial score (nSPS) is 10.2. The molecule has 1 aromatic rings. The lowest BCUT2D eigenvalue weighted by molar-refractivity contribution is -0.385. The minimum atomic E-state index is -1.24. The van der Waals surface area contributed by atoms with Gasteiger partial charge in [-0.05, 0) is 0 Å². The first kappa shape index (κ1) is 13.4. The van der Waals surface area contributed by atoms with Gasteiger partial charge in [0.1, 0.15) is 11.2 Å². The summed E-state index contributed by atoms with van der Waals surface area (Å²) < 4.78 is 4.82. The van der Waals surface area contributed by atoms with Crippen LogP contribution in [-0.4, -0.2) is 40.5 Å². The topological polar surface area (TPSA) is 103 Å². The molecule has 0 atom stereocenters. The van der Waals surface area contributed by atoms with E-state index in [4.69, 9.17) is 9.84 Å². The monoisotopic (exact) mass is 258 g/mol. The number of ether oxygens (including phenoxy) is 1. The summed E-state index contributed by atoms with van der Waals surface area (Å²) in [4.78, 5) is 24.5. The van der Waals surface area contributed by atoms with E-state index in [0.29, 0.717) is 12.4 Å². The van der Waals surface area contributed by atoms with Gasteiger partial charge < -0.3 is 9.84 Å². The first-order chi connectivity index (χ1) is 8.06. The Morgan fingerprint density at radius 1 is 1.71 bits per heavy atom.